The summed E-state index contributed by atoms with van der Waals surface area (Å²) in [4.78, 5) is 32.0. The number of hydrogen-bond donors (Lipinski definition) is 3. The Hall–Kier alpha value is -3.92. The molecule has 2 saturated heterocycles. The second-order valence-electron chi connectivity index (χ2n) is 15.6. The van der Waals surface area contributed by atoms with Crippen molar-refractivity contribution >= 4 is 17.4 Å². The first-order chi connectivity index (χ1) is 24.4. The molecule has 0 aromatic heterocycles. The molecule has 3 N–H and O–H groups in total. The number of likely N-dealkylation sites (tertiary alicyclic amines) is 1. The normalized spacial score (nSPS) is 28.3. The van der Waals surface area contributed by atoms with Crippen molar-refractivity contribution in [2.45, 2.75) is 94.8 Å². The molecule has 51 heavy (non-hydrogen) atoms. The number of rotatable bonds is 5. The van der Waals surface area contributed by atoms with E-state index < -0.39 is 40.1 Å². The van der Waals surface area contributed by atoms with Gasteiger partial charge in [0, 0.05) is 41.9 Å². The van der Waals surface area contributed by atoms with E-state index in [-0.39, 0.29) is 17.4 Å². The van der Waals surface area contributed by atoms with E-state index >= 15 is 0 Å². The molecule has 2 aliphatic heterocycles. The summed E-state index contributed by atoms with van der Waals surface area (Å²) in [5.74, 6) is -2.63. The molecule has 3 aliphatic carbocycles. The van der Waals surface area contributed by atoms with Crippen molar-refractivity contribution < 1.29 is 28.6 Å². The van der Waals surface area contributed by atoms with E-state index in [0.29, 0.717) is 76.8 Å². The molecule has 1 saturated carbocycles. The lowest BCUT2D eigenvalue weighted by molar-refractivity contribution is -0.126. The maximum absolute atomic E-state index is 14.4. The minimum absolute atomic E-state index is 0.0556. The lowest BCUT2D eigenvalue weighted by atomic mass is 9.64. The molecule has 3 aromatic rings. The maximum atomic E-state index is 14.4. The van der Waals surface area contributed by atoms with Crippen molar-refractivity contribution in [3.63, 3.8) is 0 Å². The molecule has 5 aliphatic rings. The Balaban J connectivity index is 1.21. The smallest absolute Gasteiger partial charge is 0.247 e. The van der Waals surface area contributed by atoms with Gasteiger partial charge in [0.15, 0.2) is 17.4 Å². The predicted molar refractivity (Wildman–Crippen MR) is 194 cm³/mol. The van der Waals surface area contributed by atoms with Gasteiger partial charge >= 0.3 is 0 Å². The van der Waals surface area contributed by atoms with Gasteiger partial charge in [0.2, 0.25) is 5.91 Å². The van der Waals surface area contributed by atoms with Crippen LogP contribution in [0.15, 0.2) is 78.4 Å². The summed E-state index contributed by atoms with van der Waals surface area (Å²) in [6.07, 6.45) is 7.21. The Kier molecular flexibility index (Phi) is 9.67. The highest BCUT2D eigenvalue weighted by molar-refractivity contribution is 6.10. The van der Waals surface area contributed by atoms with E-state index in [2.05, 4.69) is 35.0 Å². The Morgan fingerprint density at radius 1 is 0.961 bits per heavy atom. The molecule has 1 spiro atoms. The number of β-amino-alcohol motifs (C(OH)–C–C–N with tert-alkyl or cyclic N) is 1. The van der Waals surface area contributed by atoms with Crippen LogP contribution in [0.2, 0.25) is 0 Å². The van der Waals surface area contributed by atoms with Gasteiger partial charge in [0.25, 0.3) is 0 Å². The van der Waals surface area contributed by atoms with Crippen LogP contribution in [0.3, 0.4) is 0 Å². The average molecular weight is 698 g/mol. The molecule has 0 radical (unpaired) electrons. The summed E-state index contributed by atoms with van der Waals surface area (Å²) in [7, 11) is 0. The number of benzene rings is 3. The fraction of sp³-hybridized carbons (Fsp3) is 0.476. The molecule has 3 aromatic carbocycles. The Bertz CT molecular complexity index is 1820. The van der Waals surface area contributed by atoms with Gasteiger partial charge in [-0.05, 0) is 118 Å². The second kappa shape index (κ2) is 13.9. The van der Waals surface area contributed by atoms with Crippen LogP contribution in [0.5, 0.6) is 0 Å². The van der Waals surface area contributed by atoms with Crippen LogP contribution in [-0.2, 0) is 11.2 Å². The topological polar surface area (TPSA) is 93.1 Å². The number of carbonyl (C=O) groups excluding carboxylic acids is 2. The quantitative estimate of drug-likeness (QED) is 0.204. The summed E-state index contributed by atoms with van der Waals surface area (Å²) < 4.78 is 28.3. The third kappa shape index (κ3) is 6.53. The monoisotopic (exact) mass is 697 g/mol. The van der Waals surface area contributed by atoms with Gasteiger partial charge in [-0.1, -0.05) is 48.9 Å². The van der Waals surface area contributed by atoms with Crippen LogP contribution < -0.4 is 10.2 Å². The van der Waals surface area contributed by atoms with Crippen LogP contribution in [0.1, 0.15) is 98.2 Å². The van der Waals surface area contributed by atoms with Crippen molar-refractivity contribution in [2.24, 2.45) is 5.41 Å². The second-order valence-corrected chi connectivity index (χ2v) is 15.6. The van der Waals surface area contributed by atoms with Crippen LogP contribution >= 0.6 is 0 Å². The molecule has 8 rings (SSSR count). The van der Waals surface area contributed by atoms with Crippen LogP contribution in [0.25, 0.3) is 0 Å². The summed E-state index contributed by atoms with van der Waals surface area (Å²) >= 11 is 0. The van der Waals surface area contributed by atoms with E-state index in [0.717, 1.165) is 41.8 Å². The van der Waals surface area contributed by atoms with Crippen molar-refractivity contribution in [2.75, 3.05) is 31.2 Å². The van der Waals surface area contributed by atoms with Crippen molar-refractivity contribution in [3.05, 3.63) is 112 Å². The number of hydrogen-bond acceptors (Lipinski definition) is 6. The van der Waals surface area contributed by atoms with Gasteiger partial charge in [-0.2, -0.15) is 0 Å². The van der Waals surface area contributed by atoms with E-state index in [1.807, 2.05) is 48.5 Å². The number of ketones is 1. The van der Waals surface area contributed by atoms with Gasteiger partial charge < -0.3 is 25.3 Å². The number of nitrogens with zero attached hydrogens (tertiary/aromatic N) is 2. The first-order valence-electron chi connectivity index (χ1n) is 18.4. The molecular formula is C42H49F2N3O4. The fourth-order valence-corrected chi connectivity index (χ4v) is 9.47. The molecule has 4 unspecified atom stereocenters. The van der Waals surface area contributed by atoms with E-state index in [1.54, 1.807) is 0 Å². The van der Waals surface area contributed by atoms with Gasteiger partial charge in [-0.3, -0.25) is 9.59 Å². The summed E-state index contributed by atoms with van der Waals surface area (Å²) in [6.45, 7) is 6.49. The summed E-state index contributed by atoms with van der Waals surface area (Å²) in [6, 6.07) is 19.0. The van der Waals surface area contributed by atoms with Crippen LogP contribution in [0, 0.1) is 17.0 Å². The molecule has 9 heteroatoms. The molecule has 2 bridgehead atoms. The molecular weight excluding hydrogens is 648 g/mol. The van der Waals surface area contributed by atoms with Gasteiger partial charge in [0.05, 0.1) is 18.4 Å². The number of halogens is 2. The van der Waals surface area contributed by atoms with Crippen LogP contribution in [0.4, 0.5) is 14.5 Å². The Morgan fingerprint density at radius 2 is 1.73 bits per heavy atom. The van der Waals surface area contributed by atoms with Gasteiger partial charge in [0.1, 0.15) is 5.54 Å². The predicted octanol–water partition coefficient (Wildman–Crippen LogP) is 6.66. The van der Waals surface area contributed by atoms with Crippen molar-refractivity contribution in [1.82, 2.24) is 10.2 Å². The third-order valence-corrected chi connectivity index (χ3v) is 12.7. The third-order valence-electron chi connectivity index (χ3n) is 12.7. The van der Waals surface area contributed by atoms with Gasteiger partial charge in [-0.15, -0.1) is 0 Å². The number of nitrogens with one attached hydrogen (secondary N) is 1. The molecule has 7 nitrogen and oxygen atoms in total. The lowest BCUT2D eigenvalue weighted by Gasteiger charge is -2.49. The Labute approximate surface area is 299 Å². The van der Waals surface area contributed by atoms with Crippen molar-refractivity contribution in [1.29, 1.82) is 0 Å². The molecule has 1 amide bonds. The van der Waals surface area contributed by atoms with Crippen LogP contribution in [-0.4, -0.2) is 70.4 Å². The number of piperidine rings is 1. The molecule has 3 fully saturated rings. The fourth-order valence-electron chi connectivity index (χ4n) is 9.47. The minimum atomic E-state index is -1.09. The Morgan fingerprint density at radius 3 is 2.47 bits per heavy atom. The van der Waals surface area contributed by atoms with E-state index in [1.165, 1.54) is 11.6 Å². The lowest BCUT2D eigenvalue weighted by Crippen LogP contribution is -2.59. The zero-order valence-electron chi connectivity index (χ0n) is 29.6. The first kappa shape index (κ1) is 35.5. The number of para-hydroxylation sites is 1. The number of aliphatic hydroxyl groups is 2. The highest BCUT2D eigenvalue weighted by Crippen LogP contribution is 2.59. The highest BCUT2D eigenvalue weighted by Gasteiger charge is 2.58. The SMILES string of the molecule is CC1=CCCC2(C)C(CCC2(O)CN2CCC3(CC2)C(=O)NCN3c2ccccc2)c2ccc(cc2C(=O)c2ccc(F)c(F)c2)CC(O)CC1. The maximum Gasteiger partial charge on any atom is 0.247 e. The standard InChI is InChI=1S/C42H49F2N3O4/c1-28-7-6-17-40(2)35(33-14-11-29(23-32(48)13-10-28)24-34(33)38(49)30-12-15-36(43)37(44)25-30)16-18-42(40,51)26-46-21-19-41(20-22-46)39(50)45-27-47(41)31-8-4-3-5-9-31/h3-5,7-9,11-12,14-15,24-25,32,35,48,51H,6,10,13,16-23,26-27H2,1-2H3,(H,45,50). The van der Waals surface area contributed by atoms with Gasteiger partial charge in [-0.25, -0.2) is 8.78 Å². The number of allylic oxidation sites excluding steroid dienone is 2. The zero-order chi connectivity index (χ0) is 36.0. The van der Waals surface area contributed by atoms with Crippen molar-refractivity contribution in [3.8, 4) is 0 Å². The number of fused-ring (bicyclic) bond motifs is 8. The minimum Gasteiger partial charge on any atom is -0.393 e. The largest absolute Gasteiger partial charge is 0.393 e. The first-order valence-corrected chi connectivity index (χ1v) is 18.4. The molecule has 4 atom stereocenters. The highest BCUT2D eigenvalue weighted by atomic mass is 19.2. The van der Waals surface area contributed by atoms with E-state index in [9.17, 15) is 28.6 Å². The number of amides is 1. The number of carbonyl (C=O) groups is 2. The number of anilines is 1. The molecule has 2 heterocycles. The zero-order valence-corrected chi connectivity index (χ0v) is 29.6. The summed E-state index contributed by atoms with van der Waals surface area (Å²) in [5.41, 5.74) is 1.93. The average Bonchev–Trinajstić information content (AvgIpc) is 3.57. The summed E-state index contributed by atoms with van der Waals surface area (Å²) in [5, 5.41) is 26.8. The number of aliphatic hydroxyl groups excluding tert-OH is 1. The molecule has 270 valence electrons. The van der Waals surface area contributed by atoms with E-state index in [4.69, 9.17) is 0 Å².